The second-order valence-corrected chi connectivity index (χ2v) is 15.1. The zero-order valence-corrected chi connectivity index (χ0v) is 31.7. The van der Waals surface area contributed by atoms with Crippen LogP contribution in [-0.2, 0) is 38.8 Å². The van der Waals surface area contributed by atoms with Gasteiger partial charge in [-0.3, -0.25) is 39.4 Å². The summed E-state index contributed by atoms with van der Waals surface area (Å²) in [4.78, 5) is 59.8. The molecule has 4 N–H and O–H groups in total. The SMILES string of the molecule is CO[C@@H](C(=O)N1Cc2[nH]nc(NC(=O)c3ccc(N4CCC(N5CCN(Cc6ccccc6NC6CCC(=O)NC6=O)CC5)CC4)cc3)c2C1)c1ccccc1. The summed E-state index contributed by atoms with van der Waals surface area (Å²) >= 11 is 0. The van der Waals surface area contributed by atoms with Gasteiger partial charge >= 0.3 is 0 Å². The zero-order valence-electron chi connectivity index (χ0n) is 31.7. The van der Waals surface area contributed by atoms with Crippen molar-refractivity contribution in [3.05, 3.63) is 107 Å². The lowest BCUT2D eigenvalue weighted by Gasteiger charge is -2.43. The van der Waals surface area contributed by atoms with E-state index in [-0.39, 0.29) is 23.6 Å². The highest BCUT2D eigenvalue weighted by molar-refractivity contribution is 6.04. The highest BCUT2D eigenvalue weighted by Crippen LogP contribution is 2.31. The van der Waals surface area contributed by atoms with Crippen LogP contribution in [0.25, 0.3) is 0 Å². The molecule has 4 amide bonds. The van der Waals surface area contributed by atoms with Gasteiger partial charge in [-0.1, -0.05) is 48.5 Å². The van der Waals surface area contributed by atoms with Crippen molar-refractivity contribution in [1.82, 2.24) is 30.2 Å². The second kappa shape index (κ2) is 16.7. The molecule has 3 fully saturated rings. The Bertz CT molecular complexity index is 2040. The number of H-pyrrole nitrogens is 1. The molecule has 1 unspecified atom stereocenters. The Morgan fingerprint density at radius 2 is 1.61 bits per heavy atom. The van der Waals surface area contributed by atoms with Crippen molar-refractivity contribution in [2.45, 2.75) is 63.5 Å². The first-order valence-electron chi connectivity index (χ1n) is 19.6. The molecule has 4 aliphatic heterocycles. The average molecular weight is 760 g/mol. The molecule has 0 saturated carbocycles. The quantitative estimate of drug-likeness (QED) is 0.166. The van der Waals surface area contributed by atoms with E-state index in [1.54, 1.807) is 4.90 Å². The highest BCUT2D eigenvalue weighted by atomic mass is 16.5. The van der Waals surface area contributed by atoms with Crippen molar-refractivity contribution in [2.24, 2.45) is 0 Å². The average Bonchev–Trinajstić information content (AvgIpc) is 3.83. The minimum absolute atomic E-state index is 0.139. The number of ether oxygens (including phenoxy) is 1. The Hall–Kier alpha value is -5.57. The third-order valence-electron chi connectivity index (χ3n) is 11.6. The van der Waals surface area contributed by atoms with E-state index in [1.807, 2.05) is 72.8 Å². The smallest absolute Gasteiger partial charge is 0.256 e. The van der Waals surface area contributed by atoms with E-state index in [0.717, 1.165) is 92.4 Å². The fourth-order valence-corrected chi connectivity index (χ4v) is 8.41. The number of imide groups is 1. The zero-order chi connectivity index (χ0) is 38.6. The number of carbonyl (C=O) groups is 4. The number of hydrogen-bond donors (Lipinski definition) is 4. The molecule has 0 radical (unpaired) electrons. The highest BCUT2D eigenvalue weighted by Gasteiger charge is 2.34. The molecule has 14 nitrogen and oxygen atoms in total. The number of piperazine rings is 1. The lowest BCUT2D eigenvalue weighted by atomic mass is 10.0. The van der Waals surface area contributed by atoms with Crippen LogP contribution in [0.5, 0.6) is 0 Å². The van der Waals surface area contributed by atoms with Crippen molar-refractivity contribution in [3.8, 4) is 0 Å². The van der Waals surface area contributed by atoms with E-state index in [1.165, 1.54) is 7.11 Å². The number of carbonyl (C=O) groups excluding carboxylic acids is 4. The van der Waals surface area contributed by atoms with Crippen LogP contribution in [-0.4, -0.2) is 107 Å². The van der Waals surface area contributed by atoms with Crippen LogP contribution in [0.4, 0.5) is 17.2 Å². The number of nitrogens with zero attached hydrogens (tertiary/aromatic N) is 5. The minimum Gasteiger partial charge on any atom is -0.373 e. The molecule has 3 saturated heterocycles. The first kappa shape index (κ1) is 37.4. The van der Waals surface area contributed by atoms with E-state index in [0.29, 0.717) is 43.4 Å². The molecular formula is C42H49N9O5. The molecular weight excluding hydrogens is 711 g/mol. The summed E-state index contributed by atoms with van der Waals surface area (Å²) < 4.78 is 5.56. The van der Waals surface area contributed by atoms with Crippen molar-refractivity contribution in [3.63, 3.8) is 0 Å². The fourth-order valence-electron chi connectivity index (χ4n) is 8.41. The number of benzene rings is 3. The van der Waals surface area contributed by atoms with Gasteiger partial charge in [-0.15, -0.1) is 0 Å². The maximum atomic E-state index is 13.4. The lowest BCUT2D eigenvalue weighted by Crippen LogP contribution is -2.53. The van der Waals surface area contributed by atoms with Crippen LogP contribution in [0.1, 0.15) is 64.5 Å². The van der Waals surface area contributed by atoms with Crippen LogP contribution < -0.4 is 20.9 Å². The van der Waals surface area contributed by atoms with Gasteiger partial charge in [0.25, 0.3) is 11.8 Å². The topological polar surface area (TPSA) is 155 Å². The van der Waals surface area contributed by atoms with Gasteiger partial charge in [0, 0.05) is 87.9 Å². The number of hydrogen-bond acceptors (Lipinski definition) is 10. The summed E-state index contributed by atoms with van der Waals surface area (Å²) in [7, 11) is 1.53. The molecule has 8 rings (SSSR count). The van der Waals surface area contributed by atoms with Crippen LogP contribution in [0.3, 0.4) is 0 Å². The number of amides is 4. The van der Waals surface area contributed by atoms with Gasteiger partial charge in [0.15, 0.2) is 11.9 Å². The normalized spacial score (nSPS) is 20.1. The summed E-state index contributed by atoms with van der Waals surface area (Å²) in [6.07, 6.45) is 2.32. The standard InChI is InChI=1S/C42H49N9O5/c1-56-38(28-7-3-2-4-8-28)42(55)51-26-33-36(27-51)46-47-39(33)45-40(53)29-11-13-31(14-12-29)49-19-17-32(18-20-49)50-23-21-48(22-24-50)25-30-9-5-6-10-34(30)43-35-15-16-37(52)44-41(35)54/h2-14,32,35,38,43H,15-27H2,1H3,(H,44,52,54)(H2,45,46,47,53)/t35?,38-/m1/s1. The van der Waals surface area contributed by atoms with Crippen LogP contribution in [0.15, 0.2) is 78.9 Å². The molecule has 56 heavy (non-hydrogen) atoms. The Balaban J connectivity index is 0.788. The number of aromatic amines is 1. The first-order valence-corrected chi connectivity index (χ1v) is 19.6. The molecule has 292 valence electrons. The van der Waals surface area contributed by atoms with E-state index < -0.39 is 12.1 Å². The number of methoxy groups -OCH3 is 1. The first-order chi connectivity index (χ1) is 27.3. The number of aromatic nitrogens is 2. The molecule has 0 aliphatic carbocycles. The van der Waals surface area contributed by atoms with Gasteiger partial charge in [0.05, 0.1) is 18.8 Å². The second-order valence-electron chi connectivity index (χ2n) is 15.1. The maximum absolute atomic E-state index is 13.4. The molecule has 1 aromatic heterocycles. The summed E-state index contributed by atoms with van der Waals surface area (Å²) in [6, 6.07) is 25.5. The van der Waals surface area contributed by atoms with Gasteiger partial charge in [0.2, 0.25) is 11.8 Å². The van der Waals surface area contributed by atoms with Crippen LogP contribution in [0.2, 0.25) is 0 Å². The minimum atomic E-state index is -0.703. The van der Waals surface area contributed by atoms with Crippen molar-refractivity contribution in [1.29, 1.82) is 0 Å². The largest absolute Gasteiger partial charge is 0.373 e. The maximum Gasteiger partial charge on any atom is 0.256 e. The molecule has 14 heteroatoms. The molecule has 0 bridgehead atoms. The predicted molar refractivity (Wildman–Crippen MR) is 212 cm³/mol. The molecule has 4 aliphatic rings. The summed E-state index contributed by atoms with van der Waals surface area (Å²) in [6.45, 7) is 7.43. The van der Waals surface area contributed by atoms with Crippen LogP contribution in [0, 0.1) is 0 Å². The molecule has 0 spiro atoms. The van der Waals surface area contributed by atoms with Gasteiger partial charge < -0.3 is 25.2 Å². The Morgan fingerprint density at radius 1 is 0.875 bits per heavy atom. The van der Waals surface area contributed by atoms with Gasteiger partial charge in [-0.2, -0.15) is 5.10 Å². The summed E-state index contributed by atoms with van der Waals surface area (Å²) in [5.74, 6) is -0.412. The fraction of sp³-hybridized carbons (Fsp3) is 0.405. The Kier molecular flexibility index (Phi) is 11.1. The monoisotopic (exact) mass is 759 g/mol. The van der Waals surface area contributed by atoms with Crippen molar-refractivity contribution < 1.29 is 23.9 Å². The third kappa shape index (κ3) is 8.18. The van der Waals surface area contributed by atoms with Crippen molar-refractivity contribution >= 4 is 40.8 Å². The predicted octanol–water partition coefficient (Wildman–Crippen LogP) is 3.90. The number of piperidine rings is 2. The van der Waals surface area contributed by atoms with E-state index in [2.05, 4.69) is 46.9 Å². The summed E-state index contributed by atoms with van der Waals surface area (Å²) in [5.41, 5.74) is 6.17. The van der Waals surface area contributed by atoms with Crippen LogP contribution >= 0.6 is 0 Å². The third-order valence-corrected chi connectivity index (χ3v) is 11.6. The summed E-state index contributed by atoms with van der Waals surface area (Å²) in [5, 5.41) is 16.1. The molecule has 4 aromatic rings. The van der Waals surface area contributed by atoms with Gasteiger partial charge in [-0.25, -0.2) is 0 Å². The van der Waals surface area contributed by atoms with E-state index in [4.69, 9.17) is 4.74 Å². The van der Waals surface area contributed by atoms with Gasteiger partial charge in [-0.05, 0) is 60.7 Å². The number of nitrogens with one attached hydrogen (secondary N) is 4. The number of fused-ring (bicyclic) bond motifs is 1. The van der Waals surface area contributed by atoms with Gasteiger partial charge in [0.1, 0.15) is 6.04 Å². The number of anilines is 3. The lowest BCUT2D eigenvalue weighted by molar-refractivity contribution is -0.143. The molecule has 2 atom stereocenters. The van der Waals surface area contributed by atoms with Crippen molar-refractivity contribution in [2.75, 3.05) is 61.9 Å². The molecule has 5 heterocycles. The number of rotatable bonds is 11. The van der Waals surface area contributed by atoms with E-state index >= 15 is 0 Å². The Labute approximate surface area is 326 Å². The Morgan fingerprint density at radius 3 is 2.34 bits per heavy atom. The number of para-hydroxylation sites is 1. The molecule has 3 aromatic carbocycles. The van der Waals surface area contributed by atoms with E-state index in [9.17, 15) is 19.2 Å².